The number of benzene rings is 1. The summed E-state index contributed by atoms with van der Waals surface area (Å²) in [5, 5.41) is 2.67. The number of nitrogens with one attached hydrogen (secondary N) is 1. The van der Waals surface area contributed by atoms with Crippen LogP contribution < -0.4 is 20.3 Å². The standard InChI is InChI=1S/C18H14N4O4/c23-17(21-13-2-1-5-19-8-13)9-22-10-20-14(7-18(22)24)12-3-4-15-16(6-12)26-11-25-15/h1-8,10H,9,11H2,(H,21,23). The molecule has 1 N–H and O–H groups in total. The lowest BCUT2D eigenvalue weighted by atomic mass is 10.1. The van der Waals surface area contributed by atoms with Gasteiger partial charge in [0, 0.05) is 17.8 Å². The second-order valence-corrected chi connectivity index (χ2v) is 5.60. The van der Waals surface area contributed by atoms with Crippen molar-refractivity contribution >= 4 is 11.6 Å². The van der Waals surface area contributed by atoms with Gasteiger partial charge in [-0.25, -0.2) is 4.98 Å². The molecule has 8 heteroatoms. The molecule has 8 nitrogen and oxygen atoms in total. The zero-order valence-corrected chi connectivity index (χ0v) is 13.6. The molecule has 0 atom stereocenters. The summed E-state index contributed by atoms with van der Waals surface area (Å²) in [4.78, 5) is 32.6. The molecule has 4 rings (SSSR count). The van der Waals surface area contributed by atoms with Crippen LogP contribution in [0.15, 0.2) is 59.9 Å². The van der Waals surface area contributed by atoms with Crippen LogP contribution in [0.3, 0.4) is 0 Å². The van der Waals surface area contributed by atoms with E-state index >= 15 is 0 Å². The molecule has 3 aromatic rings. The van der Waals surface area contributed by atoms with E-state index in [-0.39, 0.29) is 24.8 Å². The molecule has 0 saturated heterocycles. The van der Waals surface area contributed by atoms with Crippen LogP contribution in [0.5, 0.6) is 11.5 Å². The molecule has 0 spiro atoms. The van der Waals surface area contributed by atoms with Crippen molar-refractivity contribution in [3.63, 3.8) is 0 Å². The van der Waals surface area contributed by atoms with Crippen LogP contribution in [0.4, 0.5) is 5.69 Å². The summed E-state index contributed by atoms with van der Waals surface area (Å²) in [5.41, 5.74) is 1.47. The zero-order valence-electron chi connectivity index (χ0n) is 13.6. The van der Waals surface area contributed by atoms with Gasteiger partial charge in [-0.1, -0.05) is 0 Å². The van der Waals surface area contributed by atoms with Crippen molar-refractivity contribution in [1.29, 1.82) is 0 Å². The molecule has 0 bridgehead atoms. The molecule has 26 heavy (non-hydrogen) atoms. The van der Waals surface area contributed by atoms with Crippen LogP contribution >= 0.6 is 0 Å². The summed E-state index contributed by atoms with van der Waals surface area (Å²) in [6.07, 6.45) is 4.49. The second kappa shape index (κ2) is 6.67. The summed E-state index contributed by atoms with van der Waals surface area (Å²) in [6, 6.07) is 10.2. The van der Waals surface area contributed by atoms with Crippen LogP contribution in [0.25, 0.3) is 11.3 Å². The minimum atomic E-state index is -0.335. The molecule has 0 radical (unpaired) electrons. The van der Waals surface area contributed by atoms with Crippen LogP contribution in [-0.4, -0.2) is 27.2 Å². The summed E-state index contributed by atoms with van der Waals surface area (Å²) >= 11 is 0. The number of ether oxygens (including phenoxy) is 2. The Labute approximate surface area is 148 Å². The number of amides is 1. The number of carbonyl (C=O) groups is 1. The lowest BCUT2D eigenvalue weighted by Crippen LogP contribution is -2.27. The molecule has 0 unspecified atom stereocenters. The van der Waals surface area contributed by atoms with Crippen molar-refractivity contribution in [2.75, 3.05) is 12.1 Å². The Hall–Kier alpha value is -3.68. The summed E-state index contributed by atoms with van der Waals surface area (Å²) < 4.78 is 11.8. The van der Waals surface area contributed by atoms with E-state index in [4.69, 9.17) is 9.47 Å². The Balaban J connectivity index is 1.51. The fraction of sp³-hybridized carbons (Fsp3) is 0.111. The van der Waals surface area contributed by atoms with Crippen molar-refractivity contribution < 1.29 is 14.3 Å². The number of pyridine rings is 1. The molecular formula is C18H14N4O4. The van der Waals surface area contributed by atoms with E-state index in [1.54, 1.807) is 36.5 Å². The third-order valence-electron chi connectivity index (χ3n) is 3.81. The molecule has 1 aromatic carbocycles. The van der Waals surface area contributed by atoms with Crippen molar-refractivity contribution in [2.24, 2.45) is 0 Å². The minimum Gasteiger partial charge on any atom is -0.454 e. The van der Waals surface area contributed by atoms with Crippen LogP contribution in [-0.2, 0) is 11.3 Å². The molecular weight excluding hydrogens is 336 g/mol. The summed E-state index contributed by atoms with van der Waals surface area (Å²) in [7, 11) is 0. The van der Waals surface area contributed by atoms with Gasteiger partial charge in [0.05, 0.1) is 23.9 Å². The van der Waals surface area contributed by atoms with E-state index < -0.39 is 0 Å². The highest BCUT2D eigenvalue weighted by molar-refractivity contribution is 5.90. The normalized spacial score (nSPS) is 12.0. The number of carbonyl (C=O) groups excluding carboxylic acids is 1. The number of aromatic nitrogens is 3. The lowest BCUT2D eigenvalue weighted by molar-refractivity contribution is -0.116. The van der Waals surface area contributed by atoms with E-state index in [1.165, 1.54) is 23.2 Å². The van der Waals surface area contributed by atoms with Crippen molar-refractivity contribution in [1.82, 2.24) is 14.5 Å². The van der Waals surface area contributed by atoms with Gasteiger partial charge >= 0.3 is 0 Å². The Bertz CT molecular complexity index is 1020. The highest BCUT2D eigenvalue weighted by atomic mass is 16.7. The lowest BCUT2D eigenvalue weighted by Gasteiger charge is -2.08. The number of rotatable bonds is 4. The van der Waals surface area contributed by atoms with Gasteiger partial charge in [-0.2, -0.15) is 0 Å². The monoisotopic (exact) mass is 350 g/mol. The quantitative estimate of drug-likeness (QED) is 0.769. The molecule has 130 valence electrons. The third-order valence-corrected chi connectivity index (χ3v) is 3.81. The predicted molar refractivity (Wildman–Crippen MR) is 92.9 cm³/mol. The first kappa shape index (κ1) is 15.8. The summed E-state index contributed by atoms with van der Waals surface area (Å²) in [6.45, 7) is 0.0437. The molecule has 1 aliphatic heterocycles. The van der Waals surface area contributed by atoms with Gasteiger partial charge in [-0.3, -0.25) is 19.1 Å². The van der Waals surface area contributed by atoms with Crippen molar-refractivity contribution in [3.8, 4) is 22.8 Å². The van der Waals surface area contributed by atoms with Gasteiger partial charge in [-0.05, 0) is 30.3 Å². The van der Waals surface area contributed by atoms with Crippen molar-refractivity contribution in [2.45, 2.75) is 6.54 Å². The van der Waals surface area contributed by atoms with E-state index in [0.717, 1.165) is 5.56 Å². The first-order valence-electron chi connectivity index (χ1n) is 7.85. The smallest absolute Gasteiger partial charge is 0.254 e. The molecule has 2 aromatic heterocycles. The van der Waals surface area contributed by atoms with Gasteiger partial charge in [0.25, 0.3) is 5.56 Å². The number of hydrogen-bond donors (Lipinski definition) is 1. The Morgan fingerprint density at radius 2 is 2.08 bits per heavy atom. The minimum absolute atomic E-state index is 0.137. The topological polar surface area (TPSA) is 95.3 Å². The third kappa shape index (κ3) is 3.25. The van der Waals surface area contributed by atoms with Gasteiger partial charge < -0.3 is 14.8 Å². The van der Waals surface area contributed by atoms with E-state index in [2.05, 4.69) is 15.3 Å². The molecule has 3 heterocycles. The Morgan fingerprint density at radius 1 is 1.19 bits per heavy atom. The highest BCUT2D eigenvalue weighted by Gasteiger charge is 2.15. The van der Waals surface area contributed by atoms with E-state index in [0.29, 0.717) is 22.9 Å². The van der Waals surface area contributed by atoms with Crippen LogP contribution in [0.2, 0.25) is 0 Å². The van der Waals surface area contributed by atoms with Crippen LogP contribution in [0, 0.1) is 0 Å². The van der Waals surface area contributed by atoms with Crippen LogP contribution in [0.1, 0.15) is 0 Å². The number of nitrogens with zero attached hydrogens (tertiary/aromatic N) is 3. The largest absolute Gasteiger partial charge is 0.454 e. The SMILES string of the molecule is O=C(Cn1cnc(-c2ccc3c(c2)OCO3)cc1=O)Nc1cccnc1. The second-order valence-electron chi connectivity index (χ2n) is 5.60. The Morgan fingerprint density at radius 3 is 2.88 bits per heavy atom. The molecule has 1 amide bonds. The van der Waals surface area contributed by atoms with E-state index in [9.17, 15) is 9.59 Å². The average molecular weight is 350 g/mol. The maximum absolute atomic E-state index is 12.3. The number of hydrogen-bond acceptors (Lipinski definition) is 6. The fourth-order valence-corrected chi connectivity index (χ4v) is 2.55. The van der Waals surface area contributed by atoms with Gasteiger partial charge in [0.1, 0.15) is 6.54 Å². The maximum atomic E-state index is 12.3. The zero-order chi connectivity index (χ0) is 17.9. The van der Waals surface area contributed by atoms with Crippen molar-refractivity contribution in [3.05, 3.63) is 65.5 Å². The highest BCUT2D eigenvalue weighted by Crippen LogP contribution is 2.35. The molecule has 0 fully saturated rings. The predicted octanol–water partition coefficient (Wildman–Crippen LogP) is 1.67. The number of fused-ring (bicyclic) bond motifs is 1. The average Bonchev–Trinajstić information content (AvgIpc) is 3.12. The van der Waals surface area contributed by atoms with Gasteiger partial charge in [0.15, 0.2) is 11.5 Å². The summed E-state index contributed by atoms with van der Waals surface area (Å²) in [5.74, 6) is 0.941. The number of anilines is 1. The first-order valence-corrected chi connectivity index (χ1v) is 7.85. The Kier molecular flexibility index (Phi) is 4.06. The molecule has 0 saturated carbocycles. The maximum Gasteiger partial charge on any atom is 0.254 e. The fourth-order valence-electron chi connectivity index (χ4n) is 2.55. The molecule has 1 aliphatic rings. The van der Waals surface area contributed by atoms with E-state index in [1.807, 2.05) is 0 Å². The van der Waals surface area contributed by atoms with Gasteiger partial charge in [0.2, 0.25) is 12.7 Å². The van der Waals surface area contributed by atoms with Gasteiger partial charge in [-0.15, -0.1) is 0 Å². The molecule has 0 aliphatic carbocycles. The first-order chi connectivity index (χ1) is 12.7.